The Morgan fingerprint density at radius 3 is 2.23 bits per heavy atom. The van der Waals surface area contributed by atoms with Crippen LogP contribution in [-0.4, -0.2) is 55.8 Å². The third kappa shape index (κ3) is 5.34. The van der Waals surface area contributed by atoms with Crippen LogP contribution in [0.4, 0.5) is 5.69 Å². The van der Waals surface area contributed by atoms with Crippen molar-refractivity contribution in [2.24, 2.45) is 0 Å². The van der Waals surface area contributed by atoms with E-state index < -0.39 is 10.0 Å². The van der Waals surface area contributed by atoms with Crippen LogP contribution in [0.25, 0.3) is 0 Å². The van der Waals surface area contributed by atoms with Gasteiger partial charge < -0.3 is 5.32 Å². The molecule has 1 heterocycles. The predicted octanol–water partition coefficient (Wildman–Crippen LogP) is 3.84. The van der Waals surface area contributed by atoms with Crippen molar-refractivity contribution in [1.82, 2.24) is 9.21 Å². The molecule has 2 atom stereocenters. The molecule has 2 unspecified atom stereocenters. The summed E-state index contributed by atoms with van der Waals surface area (Å²) in [6, 6.07) is 14.5. The molecule has 0 bridgehead atoms. The molecule has 0 aliphatic carbocycles. The zero-order valence-electron chi connectivity index (χ0n) is 18.8. The Hall–Kier alpha value is -2.22. The third-order valence-electron chi connectivity index (χ3n) is 6.22. The predicted molar refractivity (Wildman–Crippen MR) is 125 cm³/mol. The lowest BCUT2D eigenvalue weighted by atomic mass is 9.97. The fourth-order valence-electron chi connectivity index (χ4n) is 3.85. The van der Waals surface area contributed by atoms with Gasteiger partial charge in [-0.15, -0.1) is 0 Å². The second-order valence-corrected chi connectivity index (χ2v) is 10.3. The van der Waals surface area contributed by atoms with Crippen molar-refractivity contribution in [2.45, 2.75) is 51.0 Å². The number of nitrogens with zero attached hydrogens (tertiary/aromatic N) is 2. The fraction of sp³-hybridized carbons (Fsp3) is 0.458. The molecule has 1 fully saturated rings. The Morgan fingerprint density at radius 2 is 1.61 bits per heavy atom. The molecule has 0 saturated carbocycles. The highest BCUT2D eigenvalue weighted by atomic mass is 32.2. The van der Waals surface area contributed by atoms with Crippen LogP contribution in [0, 0.1) is 6.92 Å². The molecular weight excluding hydrogens is 410 g/mol. The van der Waals surface area contributed by atoms with E-state index in [0.29, 0.717) is 37.0 Å². The molecule has 0 spiro atoms. The van der Waals surface area contributed by atoms with E-state index in [1.165, 1.54) is 4.31 Å². The minimum atomic E-state index is -3.51. The highest BCUT2D eigenvalue weighted by Crippen LogP contribution is 2.27. The molecule has 6 nitrogen and oxygen atoms in total. The van der Waals surface area contributed by atoms with Gasteiger partial charge in [-0.25, -0.2) is 8.42 Å². The first kappa shape index (κ1) is 23.4. The molecule has 2 aromatic rings. The normalized spacial score (nSPS) is 17.8. The summed E-state index contributed by atoms with van der Waals surface area (Å²) in [4.78, 5) is 15.3. The van der Waals surface area contributed by atoms with E-state index in [-0.39, 0.29) is 11.9 Å². The molecule has 168 valence electrons. The van der Waals surface area contributed by atoms with Crippen LogP contribution in [-0.2, 0) is 14.8 Å². The molecule has 31 heavy (non-hydrogen) atoms. The van der Waals surface area contributed by atoms with E-state index in [0.717, 1.165) is 23.2 Å². The number of nitrogens with one attached hydrogen (secondary N) is 1. The van der Waals surface area contributed by atoms with E-state index in [9.17, 15) is 13.2 Å². The number of sulfonamides is 1. The van der Waals surface area contributed by atoms with E-state index in [1.807, 2.05) is 49.1 Å². The van der Waals surface area contributed by atoms with Crippen molar-refractivity contribution >= 4 is 21.6 Å². The SMILES string of the molecule is CCC(C)c1ccccc1NC(=O)C(C)N1CCN(S(=O)(=O)c2ccc(C)cc2)CC1. The molecule has 1 aliphatic rings. The number of carbonyl (C=O) groups is 1. The average molecular weight is 444 g/mol. The number of rotatable bonds is 7. The second kappa shape index (κ2) is 9.94. The lowest BCUT2D eigenvalue weighted by molar-refractivity contribution is -0.121. The average Bonchev–Trinajstić information content (AvgIpc) is 2.78. The second-order valence-electron chi connectivity index (χ2n) is 8.31. The minimum Gasteiger partial charge on any atom is -0.324 e. The van der Waals surface area contributed by atoms with E-state index in [1.54, 1.807) is 12.1 Å². The van der Waals surface area contributed by atoms with E-state index >= 15 is 0 Å². The van der Waals surface area contributed by atoms with E-state index in [2.05, 4.69) is 25.2 Å². The molecule has 1 amide bonds. The number of hydrogen-bond donors (Lipinski definition) is 1. The monoisotopic (exact) mass is 443 g/mol. The van der Waals surface area contributed by atoms with Crippen molar-refractivity contribution in [3.8, 4) is 0 Å². The lowest BCUT2D eigenvalue weighted by Crippen LogP contribution is -2.53. The number of piperazine rings is 1. The van der Waals surface area contributed by atoms with Gasteiger partial charge in [-0.05, 0) is 49.9 Å². The molecule has 7 heteroatoms. The fourth-order valence-corrected chi connectivity index (χ4v) is 5.28. The first-order valence-electron chi connectivity index (χ1n) is 10.9. The number of anilines is 1. The topological polar surface area (TPSA) is 69.7 Å². The maximum absolute atomic E-state index is 12.9. The van der Waals surface area contributed by atoms with Gasteiger partial charge in [-0.1, -0.05) is 49.7 Å². The Morgan fingerprint density at radius 1 is 1.00 bits per heavy atom. The van der Waals surface area contributed by atoms with Crippen LogP contribution in [0.1, 0.15) is 44.2 Å². The van der Waals surface area contributed by atoms with Crippen LogP contribution in [0.15, 0.2) is 53.4 Å². The lowest BCUT2D eigenvalue weighted by Gasteiger charge is -2.36. The summed E-state index contributed by atoms with van der Waals surface area (Å²) in [5.74, 6) is 0.299. The Kier molecular flexibility index (Phi) is 7.51. The van der Waals surface area contributed by atoms with Gasteiger partial charge in [0.05, 0.1) is 10.9 Å². The molecule has 1 aliphatic heterocycles. The third-order valence-corrected chi connectivity index (χ3v) is 8.13. The molecule has 1 saturated heterocycles. The van der Waals surface area contributed by atoms with Crippen molar-refractivity contribution in [1.29, 1.82) is 0 Å². The maximum atomic E-state index is 12.9. The van der Waals surface area contributed by atoms with Crippen LogP contribution < -0.4 is 5.32 Å². The summed E-state index contributed by atoms with van der Waals surface area (Å²) >= 11 is 0. The number of aryl methyl sites for hydroxylation is 1. The van der Waals surface area contributed by atoms with Gasteiger partial charge in [0.15, 0.2) is 0 Å². The summed E-state index contributed by atoms with van der Waals surface area (Å²) in [7, 11) is -3.51. The van der Waals surface area contributed by atoms with Gasteiger partial charge in [-0.2, -0.15) is 4.31 Å². The van der Waals surface area contributed by atoms with Crippen molar-refractivity contribution in [3.05, 3.63) is 59.7 Å². The highest BCUT2D eigenvalue weighted by molar-refractivity contribution is 7.89. The quantitative estimate of drug-likeness (QED) is 0.706. The first-order chi connectivity index (χ1) is 14.7. The van der Waals surface area contributed by atoms with Gasteiger partial charge in [0.1, 0.15) is 0 Å². The number of hydrogen-bond acceptors (Lipinski definition) is 4. The Labute approximate surface area is 186 Å². The molecule has 1 N–H and O–H groups in total. The Bertz CT molecular complexity index is 997. The maximum Gasteiger partial charge on any atom is 0.243 e. The van der Waals surface area contributed by atoms with Gasteiger partial charge in [-0.3, -0.25) is 9.69 Å². The van der Waals surface area contributed by atoms with Crippen LogP contribution in [0.2, 0.25) is 0 Å². The number of benzene rings is 2. The van der Waals surface area contributed by atoms with Gasteiger partial charge in [0.25, 0.3) is 0 Å². The summed E-state index contributed by atoms with van der Waals surface area (Å²) in [6.07, 6.45) is 1.000. The zero-order chi connectivity index (χ0) is 22.6. The number of amides is 1. The van der Waals surface area contributed by atoms with Crippen molar-refractivity contribution in [2.75, 3.05) is 31.5 Å². The first-order valence-corrected chi connectivity index (χ1v) is 12.4. The zero-order valence-corrected chi connectivity index (χ0v) is 19.7. The van der Waals surface area contributed by atoms with E-state index in [4.69, 9.17) is 0 Å². The molecule has 2 aromatic carbocycles. The van der Waals surface area contributed by atoms with Gasteiger partial charge in [0, 0.05) is 31.9 Å². The minimum absolute atomic E-state index is 0.0643. The number of para-hydroxylation sites is 1. The van der Waals surface area contributed by atoms with Crippen LogP contribution in [0.3, 0.4) is 0 Å². The summed E-state index contributed by atoms with van der Waals surface area (Å²) in [5.41, 5.74) is 3.02. The van der Waals surface area contributed by atoms with Crippen molar-refractivity contribution < 1.29 is 13.2 Å². The number of carbonyl (C=O) groups excluding carboxylic acids is 1. The summed E-state index contributed by atoms with van der Waals surface area (Å²) in [6.45, 7) is 9.89. The molecule has 0 radical (unpaired) electrons. The van der Waals surface area contributed by atoms with Gasteiger partial charge >= 0.3 is 0 Å². The highest BCUT2D eigenvalue weighted by Gasteiger charge is 2.32. The molecular formula is C24H33N3O3S. The van der Waals surface area contributed by atoms with Gasteiger partial charge in [0.2, 0.25) is 15.9 Å². The largest absolute Gasteiger partial charge is 0.324 e. The van der Waals surface area contributed by atoms with Crippen LogP contribution in [0.5, 0.6) is 0 Å². The Balaban J connectivity index is 1.62. The smallest absolute Gasteiger partial charge is 0.243 e. The molecule has 0 aromatic heterocycles. The summed E-state index contributed by atoms with van der Waals surface area (Å²) in [5, 5.41) is 3.08. The summed E-state index contributed by atoms with van der Waals surface area (Å²) < 4.78 is 27.3. The van der Waals surface area contributed by atoms with Crippen molar-refractivity contribution in [3.63, 3.8) is 0 Å². The molecule has 3 rings (SSSR count). The standard InChI is InChI=1S/C24H33N3O3S/c1-5-19(3)22-8-6-7-9-23(22)25-24(28)20(4)26-14-16-27(17-15-26)31(29,30)21-12-10-18(2)11-13-21/h6-13,19-20H,5,14-17H2,1-4H3,(H,25,28). The van der Waals surface area contributed by atoms with Crippen LogP contribution >= 0.6 is 0 Å².